The van der Waals surface area contributed by atoms with Crippen LogP contribution in [0.2, 0.25) is 0 Å². The average Bonchev–Trinajstić information content (AvgIpc) is 2.47. The first kappa shape index (κ1) is 15.5. The number of esters is 1. The van der Waals surface area contributed by atoms with E-state index in [1.807, 2.05) is 6.07 Å². The summed E-state index contributed by atoms with van der Waals surface area (Å²) in [6, 6.07) is 13.2. The van der Waals surface area contributed by atoms with Crippen molar-refractivity contribution in [3.63, 3.8) is 0 Å². The van der Waals surface area contributed by atoms with E-state index in [0.717, 1.165) is 0 Å². The van der Waals surface area contributed by atoms with Crippen LogP contribution in [-0.4, -0.2) is 12.6 Å². The number of ether oxygens (including phenoxy) is 2. The van der Waals surface area contributed by atoms with Gasteiger partial charge in [-0.25, -0.2) is 9.18 Å². The first-order valence-electron chi connectivity index (χ1n) is 6.45. The second-order valence-corrected chi connectivity index (χ2v) is 5.15. The molecule has 0 fully saturated rings. The molecule has 2 rings (SSSR count). The van der Waals surface area contributed by atoms with Gasteiger partial charge in [-0.1, -0.05) is 46.3 Å². The number of hydrogen-bond acceptors (Lipinski definition) is 3. The molecule has 0 spiro atoms. The highest BCUT2D eigenvalue weighted by molar-refractivity contribution is 9.10. The van der Waals surface area contributed by atoms with Crippen molar-refractivity contribution < 1.29 is 18.7 Å². The van der Waals surface area contributed by atoms with Gasteiger partial charge in [-0.2, -0.15) is 0 Å². The number of hydrogen-bond donors (Lipinski definition) is 0. The zero-order valence-electron chi connectivity index (χ0n) is 11.4. The molecule has 0 amide bonds. The summed E-state index contributed by atoms with van der Waals surface area (Å²) in [4.78, 5) is 12.0. The lowest BCUT2D eigenvalue weighted by Crippen LogP contribution is -2.21. The summed E-state index contributed by atoms with van der Waals surface area (Å²) in [7, 11) is 0. The summed E-state index contributed by atoms with van der Waals surface area (Å²) < 4.78 is 25.0. The molecule has 2 aromatic carbocycles. The number of benzene rings is 2. The van der Waals surface area contributed by atoms with Crippen LogP contribution in [0, 0.1) is 5.82 Å². The van der Waals surface area contributed by atoms with Gasteiger partial charge in [0, 0.05) is 10.0 Å². The molecule has 2 aromatic rings. The Morgan fingerprint density at radius 1 is 1.24 bits per heavy atom. The van der Waals surface area contributed by atoms with E-state index in [1.54, 1.807) is 37.3 Å². The summed E-state index contributed by atoms with van der Waals surface area (Å²) >= 11 is 3.17. The van der Waals surface area contributed by atoms with Gasteiger partial charge in [-0.05, 0) is 25.1 Å². The van der Waals surface area contributed by atoms with Crippen LogP contribution < -0.4 is 4.74 Å². The van der Waals surface area contributed by atoms with Gasteiger partial charge in [0.2, 0.25) is 6.10 Å². The van der Waals surface area contributed by atoms with Crippen LogP contribution in [0.15, 0.2) is 53.0 Å². The van der Waals surface area contributed by atoms with E-state index in [0.29, 0.717) is 10.0 Å². The second kappa shape index (κ2) is 7.22. The third-order valence-electron chi connectivity index (χ3n) is 2.74. The Morgan fingerprint density at radius 3 is 2.57 bits per heavy atom. The summed E-state index contributed by atoms with van der Waals surface area (Å²) in [5, 5.41) is 0. The molecule has 0 saturated carbocycles. The van der Waals surface area contributed by atoms with Gasteiger partial charge in [0.05, 0.1) is 6.61 Å². The highest BCUT2D eigenvalue weighted by Crippen LogP contribution is 2.27. The largest absolute Gasteiger partial charge is 0.471 e. The van der Waals surface area contributed by atoms with Gasteiger partial charge in [-0.15, -0.1) is 0 Å². The molecule has 0 aromatic heterocycles. The Labute approximate surface area is 130 Å². The van der Waals surface area contributed by atoms with Crippen molar-refractivity contribution in [1.29, 1.82) is 0 Å². The number of halogens is 2. The molecule has 0 saturated heterocycles. The molecule has 0 aliphatic carbocycles. The third kappa shape index (κ3) is 4.04. The fraction of sp³-hybridized carbons (Fsp3) is 0.188. The van der Waals surface area contributed by atoms with Crippen molar-refractivity contribution in [2.24, 2.45) is 0 Å². The first-order valence-corrected chi connectivity index (χ1v) is 7.24. The standard InChI is InChI=1S/C16H14BrFO3/c1-2-20-16(19)15(11-6-4-3-5-7-11)21-14-9-8-12(17)10-13(14)18/h3-10,15H,2H2,1H3. The van der Waals surface area contributed by atoms with Crippen LogP contribution >= 0.6 is 15.9 Å². The maximum absolute atomic E-state index is 13.9. The van der Waals surface area contributed by atoms with Crippen molar-refractivity contribution >= 4 is 21.9 Å². The van der Waals surface area contributed by atoms with Crippen LogP contribution in [0.3, 0.4) is 0 Å². The Morgan fingerprint density at radius 2 is 1.95 bits per heavy atom. The second-order valence-electron chi connectivity index (χ2n) is 4.24. The molecule has 0 heterocycles. The quantitative estimate of drug-likeness (QED) is 0.753. The molecule has 1 unspecified atom stereocenters. The topological polar surface area (TPSA) is 35.5 Å². The minimum absolute atomic E-state index is 0.0000983. The van der Waals surface area contributed by atoms with Gasteiger partial charge >= 0.3 is 5.97 Å². The van der Waals surface area contributed by atoms with Crippen molar-refractivity contribution in [2.75, 3.05) is 6.61 Å². The molecule has 110 valence electrons. The van der Waals surface area contributed by atoms with Gasteiger partial charge in [-0.3, -0.25) is 0 Å². The molecule has 1 atom stereocenters. The predicted octanol–water partition coefficient (Wildman–Crippen LogP) is 4.27. The normalized spacial score (nSPS) is 11.8. The highest BCUT2D eigenvalue weighted by Gasteiger charge is 2.25. The van der Waals surface area contributed by atoms with Crippen LogP contribution in [0.25, 0.3) is 0 Å². The number of carbonyl (C=O) groups is 1. The van der Waals surface area contributed by atoms with E-state index >= 15 is 0 Å². The van der Waals surface area contributed by atoms with Gasteiger partial charge in [0.1, 0.15) is 0 Å². The highest BCUT2D eigenvalue weighted by atomic mass is 79.9. The van der Waals surface area contributed by atoms with Crippen molar-refractivity contribution in [3.05, 3.63) is 64.4 Å². The predicted molar refractivity (Wildman–Crippen MR) is 80.5 cm³/mol. The Balaban J connectivity index is 2.30. The van der Waals surface area contributed by atoms with Crippen molar-refractivity contribution in [2.45, 2.75) is 13.0 Å². The summed E-state index contributed by atoms with van der Waals surface area (Å²) in [5.74, 6) is -1.10. The van der Waals surface area contributed by atoms with Crippen LogP contribution in [0.4, 0.5) is 4.39 Å². The molecule has 21 heavy (non-hydrogen) atoms. The van der Waals surface area contributed by atoms with Gasteiger partial charge < -0.3 is 9.47 Å². The lowest BCUT2D eigenvalue weighted by molar-refractivity contribution is -0.151. The number of carbonyl (C=O) groups excluding carboxylic acids is 1. The van der Waals surface area contributed by atoms with E-state index in [2.05, 4.69) is 15.9 Å². The summed E-state index contributed by atoms with van der Waals surface area (Å²) in [6.45, 7) is 1.94. The first-order chi connectivity index (χ1) is 10.1. The van der Waals surface area contributed by atoms with Crippen molar-refractivity contribution in [1.82, 2.24) is 0 Å². The molecule has 0 radical (unpaired) electrons. The Hall–Kier alpha value is -1.88. The molecule has 0 aliphatic rings. The lowest BCUT2D eigenvalue weighted by Gasteiger charge is -2.18. The molecular formula is C16H14BrFO3. The van der Waals surface area contributed by atoms with Gasteiger partial charge in [0.15, 0.2) is 11.6 Å². The SMILES string of the molecule is CCOC(=O)C(Oc1ccc(Br)cc1F)c1ccccc1. The lowest BCUT2D eigenvalue weighted by atomic mass is 10.1. The maximum Gasteiger partial charge on any atom is 0.352 e. The fourth-order valence-corrected chi connectivity index (χ4v) is 2.13. The van der Waals surface area contributed by atoms with Crippen LogP contribution in [0.5, 0.6) is 5.75 Å². The monoisotopic (exact) mass is 352 g/mol. The minimum atomic E-state index is -0.998. The van der Waals surface area contributed by atoms with E-state index in [9.17, 15) is 9.18 Å². The average molecular weight is 353 g/mol. The molecular weight excluding hydrogens is 339 g/mol. The van der Waals surface area contributed by atoms with Gasteiger partial charge in [0.25, 0.3) is 0 Å². The minimum Gasteiger partial charge on any atom is -0.471 e. The molecule has 0 N–H and O–H groups in total. The Bertz CT molecular complexity index is 616. The number of rotatable bonds is 5. The summed E-state index contributed by atoms with van der Waals surface area (Å²) in [5.41, 5.74) is 0.610. The molecule has 0 aliphatic heterocycles. The van der Waals surface area contributed by atoms with E-state index < -0.39 is 17.9 Å². The zero-order valence-corrected chi connectivity index (χ0v) is 13.0. The summed E-state index contributed by atoms with van der Waals surface area (Å²) in [6.07, 6.45) is -0.998. The van der Waals surface area contributed by atoms with Crippen molar-refractivity contribution in [3.8, 4) is 5.75 Å². The smallest absolute Gasteiger partial charge is 0.352 e. The van der Waals surface area contributed by atoms with E-state index in [-0.39, 0.29) is 12.4 Å². The van der Waals surface area contributed by atoms with Crippen LogP contribution in [-0.2, 0) is 9.53 Å². The molecule has 3 nitrogen and oxygen atoms in total. The van der Waals surface area contributed by atoms with Crippen LogP contribution in [0.1, 0.15) is 18.6 Å². The fourth-order valence-electron chi connectivity index (χ4n) is 1.80. The van der Waals surface area contributed by atoms with E-state index in [4.69, 9.17) is 9.47 Å². The Kier molecular flexibility index (Phi) is 5.33. The zero-order chi connectivity index (χ0) is 15.2. The third-order valence-corrected chi connectivity index (χ3v) is 3.23. The molecule has 5 heteroatoms. The van der Waals surface area contributed by atoms with E-state index in [1.165, 1.54) is 12.1 Å². The maximum atomic E-state index is 13.9. The molecule has 0 bridgehead atoms.